The number of hydrogen-bond acceptors (Lipinski definition) is 6. The Balaban J connectivity index is 1.57. The summed E-state index contributed by atoms with van der Waals surface area (Å²) in [6.07, 6.45) is 1.70. The van der Waals surface area contributed by atoms with Crippen LogP contribution in [0.15, 0.2) is 95.6 Å². The largest absolute Gasteiger partial charge is 0.337 e. The number of pyridine rings is 1. The molecular weight excluding hydrogens is 572 g/mol. The predicted molar refractivity (Wildman–Crippen MR) is 139 cm³/mol. The SMILES string of the molecule is CN1/C(=C2/S/C(=N\c3ncc(Br)cc3Br)N(Cc3ccccc3)C2=O)Sc2ccccc21. The van der Waals surface area contributed by atoms with Crippen molar-refractivity contribution in [1.82, 2.24) is 9.88 Å². The van der Waals surface area contributed by atoms with E-state index in [2.05, 4.69) is 53.9 Å². The molecule has 1 saturated heterocycles. The Bertz CT molecular complexity index is 1280. The number of aromatic nitrogens is 1. The van der Waals surface area contributed by atoms with Crippen molar-refractivity contribution in [2.75, 3.05) is 11.9 Å². The fraction of sp³-hybridized carbons (Fsp3) is 0.0870. The molecule has 0 unspecified atom stereocenters. The van der Waals surface area contributed by atoms with Gasteiger partial charge in [0.1, 0.15) is 4.91 Å². The second-order valence-electron chi connectivity index (χ2n) is 7.10. The standard InChI is InChI=1S/C23H16Br2N4OS2/c1-28-17-9-5-6-10-18(17)31-22(28)19-21(30)29(13-14-7-3-2-4-8-14)23(32-19)27-20-16(25)11-15(24)12-26-20/h2-12H,13H2,1H3/b22-19-,27-23-. The van der Waals surface area contributed by atoms with E-state index >= 15 is 0 Å². The lowest BCUT2D eigenvalue weighted by Gasteiger charge is -2.16. The van der Waals surface area contributed by atoms with Crippen molar-refractivity contribution in [3.05, 3.63) is 91.3 Å². The van der Waals surface area contributed by atoms with Gasteiger partial charge in [-0.25, -0.2) is 9.98 Å². The van der Waals surface area contributed by atoms with E-state index in [0.717, 1.165) is 30.1 Å². The molecular formula is C23H16Br2N4OS2. The molecule has 5 nitrogen and oxygen atoms in total. The van der Waals surface area contributed by atoms with Crippen molar-refractivity contribution in [3.63, 3.8) is 0 Å². The number of fused-ring (bicyclic) bond motifs is 1. The first-order chi connectivity index (χ1) is 15.5. The van der Waals surface area contributed by atoms with Gasteiger partial charge in [0.2, 0.25) is 0 Å². The highest BCUT2D eigenvalue weighted by Crippen LogP contribution is 2.50. The van der Waals surface area contributed by atoms with Gasteiger partial charge in [0.05, 0.1) is 21.7 Å². The van der Waals surface area contributed by atoms with Gasteiger partial charge in [0.25, 0.3) is 5.91 Å². The summed E-state index contributed by atoms with van der Waals surface area (Å²) in [6.45, 7) is 0.442. The molecule has 0 bridgehead atoms. The number of rotatable bonds is 3. The summed E-state index contributed by atoms with van der Waals surface area (Å²) in [7, 11) is 2.00. The van der Waals surface area contributed by atoms with Crippen LogP contribution in [-0.2, 0) is 11.3 Å². The summed E-state index contributed by atoms with van der Waals surface area (Å²) in [5.74, 6) is 0.483. The number of nitrogens with zero attached hydrogens (tertiary/aromatic N) is 4. The van der Waals surface area contributed by atoms with Crippen LogP contribution in [0.2, 0.25) is 0 Å². The molecule has 1 aromatic heterocycles. The van der Waals surface area contributed by atoms with E-state index in [9.17, 15) is 4.79 Å². The second kappa shape index (κ2) is 9.05. The molecule has 3 heterocycles. The molecule has 0 aliphatic carbocycles. The third kappa shape index (κ3) is 4.14. The van der Waals surface area contributed by atoms with Crippen LogP contribution in [0.25, 0.3) is 0 Å². The molecule has 9 heteroatoms. The maximum atomic E-state index is 13.6. The lowest BCUT2D eigenvalue weighted by Crippen LogP contribution is -2.29. The summed E-state index contributed by atoms with van der Waals surface area (Å²) in [4.78, 5) is 28.4. The van der Waals surface area contributed by atoms with E-state index < -0.39 is 0 Å². The van der Waals surface area contributed by atoms with E-state index in [1.807, 2.05) is 55.6 Å². The van der Waals surface area contributed by atoms with Gasteiger partial charge in [0.15, 0.2) is 11.0 Å². The summed E-state index contributed by atoms with van der Waals surface area (Å²) >= 11 is 9.97. The average Bonchev–Trinajstić information content (AvgIpc) is 3.28. The van der Waals surface area contributed by atoms with Gasteiger partial charge in [-0.2, -0.15) is 0 Å². The highest BCUT2D eigenvalue weighted by molar-refractivity contribution is 9.11. The molecule has 3 aromatic rings. The van der Waals surface area contributed by atoms with Gasteiger partial charge < -0.3 is 4.90 Å². The Morgan fingerprint density at radius 2 is 1.78 bits per heavy atom. The van der Waals surface area contributed by atoms with Crippen molar-refractivity contribution in [2.45, 2.75) is 11.4 Å². The number of thioether (sulfide) groups is 2. The third-order valence-electron chi connectivity index (χ3n) is 4.97. The van der Waals surface area contributed by atoms with Crippen molar-refractivity contribution in [1.29, 1.82) is 0 Å². The third-order valence-corrected chi connectivity index (χ3v) is 8.42. The lowest BCUT2D eigenvalue weighted by molar-refractivity contribution is -0.122. The van der Waals surface area contributed by atoms with Gasteiger partial charge >= 0.3 is 0 Å². The first-order valence-electron chi connectivity index (χ1n) is 9.69. The highest BCUT2D eigenvalue weighted by atomic mass is 79.9. The minimum Gasteiger partial charge on any atom is -0.337 e. The maximum absolute atomic E-state index is 13.6. The molecule has 0 N–H and O–H groups in total. The van der Waals surface area contributed by atoms with E-state index in [1.165, 1.54) is 11.8 Å². The number of amidine groups is 1. The molecule has 2 aliphatic heterocycles. The topological polar surface area (TPSA) is 48.8 Å². The molecule has 0 radical (unpaired) electrons. The van der Waals surface area contributed by atoms with Crippen LogP contribution in [0.3, 0.4) is 0 Å². The zero-order valence-electron chi connectivity index (χ0n) is 16.8. The Hall–Kier alpha value is -2.07. The summed E-state index contributed by atoms with van der Waals surface area (Å²) in [5, 5.41) is 1.54. The molecule has 1 amide bonds. The van der Waals surface area contributed by atoms with Crippen LogP contribution in [0.4, 0.5) is 11.5 Å². The number of hydrogen-bond donors (Lipinski definition) is 0. The summed E-state index contributed by atoms with van der Waals surface area (Å²) in [5.41, 5.74) is 2.14. The first-order valence-corrected chi connectivity index (χ1v) is 12.9. The van der Waals surface area contributed by atoms with Crippen LogP contribution in [0.5, 0.6) is 0 Å². The molecule has 0 saturated carbocycles. The van der Waals surface area contributed by atoms with Crippen LogP contribution in [-0.4, -0.2) is 28.0 Å². The Morgan fingerprint density at radius 1 is 1.03 bits per heavy atom. The number of para-hydroxylation sites is 1. The van der Waals surface area contributed by atoms with Crippen LogP contribution >= 0.6 is 55.4 Å². The summed E-state index contributed by atoms with van der Waals surface area (Å²) < 4.78 is 1.61. The second-order valence-corrected chi connectivity index (χ2v) is 10.9. The molecule has 1 fully saturated rings. The van der Waals surface area contributed by atoms with Gasteiger partial charge in [-0.15, -0.1) is 0 Å². The molecule has 2 aliphatic rings. The van der Waals surface area contributed by atoms with Crippen molar-refractivity contribution in [2.24, 2.45) is 4.99 Å². The predicted octanol–water partition coefficient (Wildman–Crippen LogP) is 6.78. The van der Waals surface area contributed by atoms with Crippen molar-refractivity contribution in [3.8, 4) is 0 Å². The Labute approximate surface area is 211 Å². The monoisotopic (exact) mass is 586 g/mol. The van der Waals surface area contributed by atoms with Gasteiger partial charge in [-0.1, -0.05) is 54.2 Å². The van der Waals surface area contributed by atoms with E-state index in [4.69, 9.17) is 4.99 Å². The van der Waals surface area contributed by atoms with Crippen LogP contribution < -0.4 is 4.90 Å². The van der Waals surface area contributed by atoms with Crippen molar-refractivity contribution < 1.29 is 4.79 Å². The normalized spacial score (nSPS) is 19.2. The number of aliphatic imine (C=N–C) groups is 1. The average molecular weight is 588 g/mol. The van der Waals surface area contributed by atoms with Crippen LogP contribution in [0.1, 0.15) is 5.56 Å². The zero-order chi connectivity index (χ0) is 22.2. The smallest absolute Gasteiger partial charge is 0.269 e. The van der Waals surface area contributed by atoms with Gasteiger partial charge in [-0.05, 0) is 67.4 Å². The quantitative estimate of drug-likeness (QED) is 0.316. The number of anilines is 1. The molecule has 32 heavy (non-hydrogen) atoms. The zero-order valence-corrected chi connectivity index (χ0v) is 21.6. The summed E-state index contributed by atoms with van der Waals surface area (Å²) in [6, 6.07) is 20.0. The number of amides is 1. The first kappa shape index (κ1) is 21.8. The van der Waals surface area contributed by atoms with E-state index in [1.54, 1.807) is 22.9 Å². The molecule has 2 aromatic carbocycles. The number of carbonyl (C=O) groups is 1. The van der Waals surface area contributed by atoms with Gasteiger partial charge in [-0.3, -0.25) is 9.69 Å². The molecule has 0 spiro atoms. The van der Waals surface area contributed by atoms with Gasteiger partial charge in [0, 0.05) is 22.6 Å². The molecule has 0 atom stereocenters. The maximum Gasteiger partial charge on any atom is 0.269 e. The number of carbonyl (C=O) groups excluding carboxylic acids is 1. The molecule has 5 rings (SSSR count). The number of halogens is 2. The number of benzene rings is 2. The van der Waals surface area contributed by atoms with E-state index in [0.29, 0.717) is 22.4 Å². The minimum atomic E-state index is -0.0482. The Morgan fingerprint density at radius 3 is 2.53 bits per heavy atom. The Kier molecular flexibility index (Phi) is 6.16. The lowest BCUT2D eigenvalue weighted by atomic mass is 10.2. The molecule has 160 valence electrons. The van der Waals surface area contributed by atoms with E-state index in [-0.39, 0.29) is 5.91 Å². The highest BCUT2D eigenvalue weighted by Gasteiger charge is 2.39. The fourth-order valence-corrected chi connectivity index (χ4v) is 6.80. The van der Waals surface area contributed by atoms with Crippen LogP contribution in [0, 0.1) is 0 Å². The fourth-order valence-electron chi connectivity index (χ4n) is 3.40. The minimum absolute atomic E-state index is 0.0482. The van der Waals surface area contributed by atoms with Crippen molar-refractivity contribution >= 4 is 78.0 Å².